The molecule has 0 aliphatic heterocycles. The van der Waals surface area contributed by atoms with E-state index in [-0.39, 0.29) is 0 Å². The molecule has 0 aliphatic rings. The van der Waals surface area contributed by atoms with Gasteiger partial charge in [0.2, 0.25) is 0 Å². The lowest BCUT2D eigenvalue weighted by atomic mass is 9.92. The highest BCUT2D eigenvalue weighted by molar-refractivity contribution is 6.35. The Labute approximate surface area is 306 Å². The van der Waals surface area contributed by atoms with Crippen LogP contribution in [0.3, 0.4) is 0 Å². The molecule has 0 saturated carbocycles. The molecule has 53 heavy (non-hydrogen) atoms. The maximum absolute atomic E-state index is 5.36. The summed E-state index contributed by atoms with van der Waals surface area (Å²) in [5.74, 6) is 0.701. The summed E-state index contributed by atoms with van der Waals surface area (Å²) in [4.78, 5) is 10.5. The van der Waals surface area contributed by atoms with Crippen molar-refractivity contribution in [1.29, 1.82) is 0 Å². The molecule has 3 heteroatoms. The van der Waals surface area contributed by atoms with Crippen LogP contribution >= 0.6 is 0 Å². The van der Waals surface area contributed by atoms with Crippen molar-refractivity contribution in [3.05, 3.63) is 188 Å². The van der Waals surface area contributed by atoms with Crippen LogP contribution in [0.5, 0.6) is 0 Å². The van der Waals surface area contributed by atoms with Gasteiger partial charge in [0.1, 0.15) is 0 Å². The first kappa shape index (κ1) is 29.6. The van der Waals surface area contributed by atoms with Crippen molar-refractivity contribution in [2.45, 2.75) is 0 Å². The van der Waals surface area contributed by atoms with Crippen molar-refractivity contribution in [3.63, 3.8) is 0 Å². The zero-order chi connectivity index (χ0) is 34.9. The Morgan fingerprint density at radius 3 is 1.72 bits per heavy atom. The van der Waals surface area contributed by atoms with Gasteiger partial charge in [0.15, 0.2) is 5.82 Å². The first-order valence-corrected chi connectivity index (χ1v) is 18.1. The van der Waals surface area contributed by atoms with Crippen LogP contribution in [0.2, 0.25) is 0 Å². The fourth-order valence-corrected chi connectivity index (χ4v) is 8.49. The summed E-state index contributed by atoms with van der Waals surface area (Å²) >= 11 is 0. The Morgan fingerprint density at radius 2 is 0.925 bits per heavy atom. The van der Waals surface area contributed by atoms with Crippen LogP contribution in [0.4, 0.5) is 0 Å². The van der Waals surface area contributed by atoms with E-state index in [9.17, 15) is 0 Å². The topological polar surface area (TPSA) is 30.7 Å². The average Bonchev–Trinajstić information content (AvgIpc) is 3.58. The van der Waals surface area contributed by atoms with Crippen molar-refractivity contribution in [2.75, 3.05) is 0 Å². The van der Waals surface area contributed by atoms with Crippen molar-refractivity contribution in [3.8, 4) is 39.5 Å². The largest absolute Gasteiger partial charge is 0.309 e. The zero-order valence-electron chi connectivity index (χ0n) is 28.7. The highest BCUT2D eigenvalue weighted by Gasteiger charge is 2.20. The number of benzene rings is 9. The molecule has 2 aromatic heterocycles. The van der Waals surface area contributed by atoms with E-state index in [1.807, 2.05) is 0 Å². The summed E-state index contributed by atoms with van der Waals surface area (Å²) in [6, 6.07) is 67.2. The van der Waals surface area contributed by atoms with Crippen molar-refractivity contribution in [1.82, 2.24) is 14.5 Å². The first-order chi connectivity index (χ1) is 26.3. The van der Waals surface area contributed by atoms with Gasteiger partial charge >= 0.3 is 0 Å². The lowest BCUT2D eigenvalue weighted by Crippen LogP contribution is -1.98. The van der Waals surface area contributed by atoms with E-state index < -0.39 is 0 Å². The maximum atomic E-state index is 5.36. The smallest absolute Gasteiger partial charge is 0.160 e. The van der Waals surface area contributed by atoms with Gasteiger partial charge in [-0.3, -0.25) is 0 Å². The molecule has 0 fully saturated rings. The van der Waals surface area contributed by atoms with E-state index in [4.69, 9.17) is 9.97 Å². The van der Waals surface area contributed by atoms with Crippen LogP contribution in [0.25, 0.3) is 104 Å². The van der Waals surface area contributed by atoms with Gasteiger partial charge in [0, 0.05) is 38.4 Å². The number of hydrogen-bond donors (Lipinski definition) is 0. The van der Waals surface area contributed by atoms with E-state index >= 15 is 0 Å². The van der Waals surface area contributed by atoms with Crippen molar-refractivity contribution in [2.24, 2.45) is 0 Å². The lowest BCUT2D eigenvalue weighted by molar-refractivity contribution is 1.17. The molecule has 3 nitrogen and oxygen atoms in total. The molecular formula is C50H31N3. The van der Waals surface area contributed by atoms with E-state index in [1.165, 1.54) is 54.1 Å². The van der Waals surface area contributed by atoms with E-state index in [1.54, 1.807) is 0 Å². The molecule has 0 saturated heterocycles. The number of nitrogens with zero attached hydrogens (tertiary/aromatic N) is 3. The molecule has 0 unspecified atom stereocenters. The minimum atomic E-state index is 0.701. The Morgan fingerprint density at radius 1 is 0.340 bits per heavy atom. The first-order valence-electron chi connectivity index (χ1n) is 18.1. The van der Waals surface area contributed by atoms with Crippen LogP contribution in [0.1, 0.15) is 0 Å². The fourth-order valence-electron chi connectivity index (χ4n) is 8.49. The van der Waals surface area contributed by atoms with Crippen LogP contribution in [0, 0.1) is 0 Å². The second-order valence-corrected chi connectivity index (χ2v) is 13.7. The highest BCUT2D eigenvalue weighted by atomic mass is 15.0. The standard InChI is InChI=1S/C50H31N3/c1-2-15-32(16-3-1)35-19-4-9-24-41(35)49-42-25-10-12-27-44(42)51-50(52-49)33-17-14-18-34(31-33)53-45-28-13-11-26-43(45)48-46(53)30-29-40-38-22-6-5-20-36(38)37-21-7-8-23-39(37)47(40)48/h1-31H. The minimum Gasteiger partial charge on any atom is -0.309 e. The van der Waals surface area contributed by atoms with Crippen LogP contribution in [0.15, 0.2) is 188 Å². The molecule has 0 N–H and O–H groups in total. The molecule has 0 bridgehead atoms. The molecule has 9 aromatic carbocycles. The molecule has 0 radical (unpaired) electrons. The van der Waals surface area contributed by atoms with E-state index in [0.29, 0.717) is 5.82 Å². The van der Waals surface area contributed by atoms with Crippen LogP contribution in [-0.2, 0) is 0 Å². The summed E-state index contributed by atoms with van der Waals surface area (Å²) < 4.78 is 2.41. The summed E-state index contributed by atoms with van der Waals surface area (Å²) in [5.41, 5.74) is 9.62. The molecule has 0 amide bonds. The third kappa shape index (κ3) is 4.54. The van der Waals surface area contributed by atoms with Gasteiger partial charge in [-0.25, -0.2) is 9.97 Å². The second-order valence-electron chi connectivity index (χ2n) is 13.7. The summed E-state index contributed by atoms with van der Waals surface area (Å²) in [6.45, 7) is 0. The van der Waals surface area contributed by atoms with Crippen molar-refractivity contribution >= 4 is 65.0 Å². The number of fused-ring (bicyclic) bond motifs is 11. The predicted octanol–water partition coefficient (Wildman–Crippen LogP) is 13.2. The Hall–Kier alpha value is -7.10. The van der Waals surface area contributed by atoms with E-state index in [2.05, 4.69) is 193 Å². The van der Waals surface area contributed by atoms with Gasteiger partial charge in [0.25, 0.3) is 0 Å². The fraction of sp³-hybridized carbons (Fsp3) is 0. The van der Waals surface area contributed by atoms with E-state index in [0.717, 1.165) is 44.5 Å². The molecule has 0 spiro atoms. The Kier molecular flexibility index (Phi) is 6.55. The molecular weight excluding hydrogens is 643 g/mol. The molecule has 11 rings (SSSR count). The third-order valence-corrected chi connectivity index (χ3v) is 10.8. The molecule has 0 aliphatic carbocycles. The highest BCUT2D eigenvalue weighted by Crippen LogP contribution is 2.44. The minimum absolute atomic E-state index is 0.701. The molecule has 0 atom stereocenters. The van der Waals surface area contributed by atoms with Gasteiger partial charge in [-0.15, -0.1) is 0 Å². The average molecular weight is 674 g/mol. The maximum Gasteiger partial charge on any atom is 0.160 e. The SMILES string of the molecule is c1ccc(-c2ccccc2-c2nc(-c3cccc(-n4c5ccccc5c5c6c7ccccc7c7ccccc7c6ccc54)c3)nc3ccccc23)cc1. The Balaban J connectivity index is 1.16. The monoisotopic (exact) mass is 673 g/mol. The Bertz CT molecular complexity index is 3190. The van der Waals surface area contributed by atoms with Gasteiger partial charge < -0.3 is 4.57 Å². The second kappa shape index (κ2) is 11.7. The summed E-state index contributed by atoms with van der Waals surface area (Å²) in [5, 5.41) is 11.2. The van der Waals surface area contributed by atoms with Crippen LogP contribution in [-0.4, -0.2) is 14.5 Å². The number of aromatic nitrogens is 3. The van der Waals surface area contributed by atoms with Crippen molar-refractivity contribution < 1.29 is 0 Å². The molecule has 11 aromatic rings. The zero-order valence-corrected chi connectivity index (χ0v) is 28.7. The molecule has 246 valence electrons. The van der Waals surface area contributed by atoms with Gasteiger partial charge in [-0.1, -0.05) is 158 Å². The van der Waals surface area contributed by atoms with Crippen LogP contribution < -0.4 is 0 Å². The van der Waals surface area contributed by atoms with Gasteiger partial charge in [-0.05, 0) is 68.4 Å². The number of hydrogen-bond acceptors (Lipinski definition) is 2. The number of rotatable bonds is 4. The third-order valence-electron chi connectivity index (χ3n) is 10.8. The predicted molar refractivity (Wildman–Crippen MR) is 223 cm³/mol. The van der Waals surface area contributed by atoms with Gasteiger partial charge in [0.05, 0.1) is 22.2 Å². The number of para-hydroxylation sites is 2. The summed E-state index contributed by atoms with van der Waals surface area (Å²) in [6.07, 6.45) is 0. The molecule has 2 heterocycles. The lowest BCUT2D eigenvalue weighted by Gasteiger charge is -2.14. The van der Waals surface area contributed by atoms with Gasteiger partial charge in [-0.2, -0.15) is 0 Å². The summed E-state index contributed by atoms with van der Waals surface area (Å²) in [7, 11) is 0. The normalized spacial score (nSPS) is 11.8. The quantitative estimate of drug-likeness (QED) is 0.174.